The molecule has 13 heavy (non-hydrogen) atoms. The molecule has 0 bridgehead atoms. The number of hydrogen-bond donors (Lipinski definition) is 1. The SMILES string of the molecule is CC1CSCC1N1CCCNCC1. The molecule has 0 aromatic heterocycles. The number of nitrogens with zero attached hydrogens (tertiary/aromatic N) is 1. The van der Waals surface area contributed by atoms with Crippen LogP contribution in [-0.4, -0.2) is 48.6 Å². The third-order valence-electron chi connectivity index (χ3n) is 3.17. The van der Waals surface area contributed by atoms with Crippen LogP contribution in [-0.2, 0) is 0 Å². The van der Waals surface area contributed by atoms with Crippen molar-refractivity contribution in [2.24, 2.45) is 5.92 Å². The second-order valence-corrected chi connectivity index (χ2v) is 5.30. The number of nitrogens with one attached hydrogen (secondary N) is 1. The monoisotopic (exact) mass is 200 g/mol. The molecule has 2 rings (SSSR count). The lowest BCUT2D eigenvalue weighted by Gasteiger charge is -2.29. The lowest BCUT2D eigenvalue weighted by molar-refractivity contribution is 0.192. The summed E-state index contributed by atoms with van der Waals surface area (Å²) < 4.78 is 0. The van der Waals surface area contributed by atoms with Gasteiger partial charge in [-0.15, -0.1) is 0 Å². The average molecular weight is 200 g/mol. The third-order valence-corrected chi connectivity index (χ3v) is 4.51. The van der Waals surface area contributed by atoms with E-state index in [9.17, 15) is 0 Å². The second-order valence-electron chi connectivity index (χ2n) is 4.22. The van der Waals surface area contributed by atoms with Crippen molar-refractivity contribution in [2.75, 3.05) is 37.7 Å². The van der Waals surface area contributed by atoms with Crippen molar-refractivity contribution in [3.05, 3.63) is 0 Å². The summed E-state index contributed by atoms with van der Waals surface area (Å²) in [7, 11) is 0. The molecule has 76 valence electrons. The van der Waals surface area contributed by atoms with Crippen LogP contribution in [0.2, 0.25) is 0 Å². The summed E-state index contributed by atoms with van der Waals surface area (Å²) in [4.78, 5) is 2.70. The van der Waals surface area contributed by atoms with Gasteiger partial charge >= 0.3 is 0 Å². The molecular weight excluding hydrogens is 180 g/mol. The van der Waals surface area contributed by atoms with Crippen LogP contribution in [0.15, 0.2) is 0 Å². The quantitative estimate of drug-likeness (QED) is 0.681. The Morgan fingerprint density at radius 3 is 2.92 bits per heavy atom. The number of hydrogen-bond acceptors (Lipinski definition) is 3. The molecule has 0 saturated carbocycles. The van der Waals surface area contributed by atoms with Crippen LogP contribution < -0.4 is 5.32 Å². The van der Waals surface area contributed by atoms with E-state index < -0.39 is 0 Å². The highest BCUT2D eigenvalue weighted by Gasteiger charge is 2.29. The lowest BCUT2D eigenvalue weighted by Crippen LogP contribution is -2.41. The molecule has 0 aromatic rings. The molecule has 1 N–H and O–H groups in total. The highest BCUT2D eigenvalue weighted by atomic mass is 32.2. The molecule has 0 radical (unpaired) electrons. The highest BCUT2D eigenvalue weighted by molar-refractivity contribution is 7.99. The van der Waals surface area contributed by atoms with Gasteiger partial charge in [0.15, 0.2) is 0 Å². The molecule has 2 unspecified atom stereocenters. The largest absolute Gasteiger partial charge is 0.315 e. The van der Waals surface area contributed by atoms with E-state index >= 15 is 0 Å². The second kappa shape index (κ2) is 4.67. The molecule has 0 aliphatic carbocycles. The first-order valence-corrected chi connectivity index (χ1v) is 6.56. The Labute approximate surface area is 85.4 Å². The summed E-state index contributed by atoms with van der Waals surface area (Å²) in [5.41, 5.74) is 0. The minimum atomic E-state index is 0.866. The van der Waals surface area contributed by atoms with Gasteiger partial charge in [0.05, 0.1) is 0 Å². The maximum atomic E-state index is 3.47. The van der Waals surface area contributed by atoms with E-state index in [1.165, 1.54) is 44.1 Å². The predicted molar refractivity (Wildman–Crippen MR) is 59.3 cm³/mol. The molecule has 2 heterocycles. The Morgan fingerprint density at radius 1 is 1.23 bits per heavy atom. The smallest absolute Gasteiger partial charge is 0.0220 e. The maximum absolute atomic E-state index is 3.47. The van der Waals surface area contributed by atoms with Crippen molar-refractivity contribution in [2.45, 2.75) is 19.4 Å². The highest BCUT2D eigenvalue weighted by Crippen LogP contribution is 2.28. The van der Waals surface area contributed by atoms with E-state index in [4.69, 9.17) is 0 Å². The van der Waals surface area contributed by atoms with Crippen molar-refractivity contribution in [1.82, 2.24) is 10.2 Å². The first kappa shape index (κ1) is 9.81. The fourth-order valence-electron chi connectivity index (χ4n) is 2.31. The zero-order valence-electron chi connectivity index (χ0n) is 8.46. The van der Waals surface area contributed by atoms with Crippen LogP contribution in [0.1, 0.15) is 13.3 Å². The Bertz CT molecular complexity index is 155. The summed E-state index contributed by atoms with van der Waals surface area (Å²) in [5, 5.41) is 3.47. The summed E-state index contributed by atoms with van der Waals surface area (Å²) in [5.74, 6) is 3.64. The Hall–Kier alpha value is 0.270. The van der Waals surface area contributed by atoms with Gasteiger partial charge in [-0.05, 0) is 31.2 Å². The van der Waals surface area contributed by atoms with Crippen LogP contribution in [0.25, 0.3) is 0 Å². The standard InChI is InChI=1S/C10H20N2S/c1-9-7-13-8-10(9)12-5-2-3-11-4-6-12/h9-11H,2-8H2,1H3. The first-order valence-electron chi connectivity index (χ1n) is 5.40. The molecule has 2 saturated heterocycles. The van der Waals surface area contributed by atoms with Crippen LogP contribution in [0.5, 0.6) is 0 Å². The van der Waals surface area contributed by atoms with Gasteiger partial charge in [0.25, 0.3) is 0 Å². The predicted octanol–water partition coefficient (Wildman–Crippen LogP) is 1.03. The van der Waals surface area contributed by atoms with Crippen LogP contribution >= 0.6 is 11.8 Å². The van der Waals surface area contributed by atoms with Crippen molar-refractivity contribution in [3.63, 3.8) is 0 Å². The Balaban J connectivity index is 1.89. The van der Waals surface area contributed by atoms with Gasteiger partial charge in [0.2, 0.25) is 0 Å². The fourth-order valence-corrected chi connectivity index (χ4v) is 3.82. The molecule has 2 nitrogen and oxygen atoms in total. The van der Waals surface area contributed by atoms with Crippen LogP contribution in [0.3, 0.4) is 0 Å². The van der Waals surface area contributed by atoms with Crippen molar-refractivity contribution in [3.8, 4) is 0 Å². The van der Waals surface area contributed by atoms with Gasteiger partial charge in [-0.1, -0.05) is 6.92 Å². The fraction of sp³-hybridized carbons (Fsp3) is 1.00. The summed E-state index contributed by atoms with van der Waals surface area (Å²) in [6.45, 7) is 7.37. The molecule has 0 aromatic carbocycles. The first-order chi connectivity index (χ1) is 6.38. The van der Waals surface area contributed by atoms with Gasteiger partial charge < -0.3 is 5.32 Å². The van der Waals surface area contributed by atoms with E-state index in [1.54, 1.807) is 0 Å². The minimum absolute atomic E-state index is 0.866. The zero-order chi connectivity index (χ0) is 9.10. The van der Waals surface area contributed by atoms with Gasteiger partial charge in [-0.2, -0.15) is 11.8 Å². The summed E-state index contributed by atoms with van der Waals surface area (Å²) >= 11 is 2.13. The average Bonchev–Trinajstić information content (AvgIpc) is 2.43. The van der Waals surface area contributed by atoms with Gasteiger partial charge in [-0.3, -0.25) is 4.90 Å². The van der Waals surface area contributed by atoms with Crippen LogP contribution in [0.4, 0.5) is 0 Å². The van der Waals surface area contributed by atoms with E-state index in [2.05, 4.69) is 28.9 Å². The molecule has 2 fully saturated rings. The number of thioether (sulfide) groups is 1. The molecule has 2 aliphatic heterocycles. The normalized spacial score (nSPS) is 37.6. The third kappa shape index (κ3) is 2.39. The molecule has 3 heteroatoms. The van der Waals surface area contributed by atoms with Crippen LogP contribution in [0, 0.1) is 5.92 Å². The van der Waals surface area contributed by atoms with E-state index in [-0.39, 0.29) is 0 Å². The molecule has 2 aliphatic rings. The summed E-state index contributed by atoms with van der Waals surface area (Å²) in [6.07, 6.45) is 1.33. The maximum Gasteiger partial charge on any atom is 0.0220 e. The topological polar surface area (TPSA) is 15.3 Å². The number of rotatable bonds is 1. The van der Waals surface area contributed by atoms with Crippen molar-refractivity contribution in [1.29, 1.82) is 0 Å². The minimum Gasteiger partial charge on any atom is -0.315 e. The van der Waals surface area contributed by atoms with Gasteiger partial charge in [0.1, 0.15) is 0 Å². The Morgan fingerprint density at radius 2 is 2.15 bits per heavy atom. The van der Waals surface area contributed by atoms with E-state index in [0.717, 1.165) is 12.0 Å². The van der Waals surface area contributed by atoms with E-state index in [1.807, 2.05) is 0 Å². The lowest BCUT2D eigenvalue weighted by atomic mass is 10.0. The van der Waals surface area contributed by atoms with E-state index in [0.29, 0.717) is 0 Å². The summed E-state index contributed by atoms with van der Waals surface area (Å²) in [6, 6.07) is 0.866. The van der Waals surface area contributed by atoms with Crippen molar-refractivity contribution < 1.29 is 0 Å². The molecule has 0 amide bonds. The molecule has 2 atom stereocenters. The zero-order valence-corrected chi connectivity index (χ0v) is 9.28. The molecular formula is C10H20N2S. The van der Waals surface area contributed by atoms with Crippen molar-refractivity contribution >= 4 is 11.8 Å². The Kier molecular flexibility index (Phi) is 3.52. The molecule has 0 spiro atoms. The van der Waals surface area contributed by atoms with Gasteiger partial charge in [0, 0.05) is 24.9 Å². The van der Waals surface area contributed by atoms with Gasteiger partial charge in [-0.25, -0.2) is 0 Å².